The van der Waals surface area contributed by atoms with Gasteiger partial charge < -0.3 is 19.5 Å². The molecule has 3 amide bonds. The number of rotatable bonds is 5. The number of hydrogen-bond donors (Lipinski definition) is 1. The van der Waals surface area contributed by atoms with Crippen LogP contribution in [-0.2, 0) is 16.1 Å². The maximum absolute atomic E-state index is 13.0. The molecule has 0 spiro atoms. The molecule has 0 atom stereocenters. The van der Waals surface area contributed by atoms with E-state index in [9.17, 15) is 14.4 Å². The summed E-state index contributed by atoms with van der Waals surface area (Å²) >= 11 is 0. The lowest BCUT2D eigenvalue weighted by Gasteiger charge is -2.37. The summed E-state index contributed by atoms with van der Waals surface area (Å²) < 4.78 is 5.15. The predicted molar refractivity (Wildman–Crippen MR) is 108 cm³/mol. The van der Waals surface area contributed by atoms with E-state index < -0.39 is 5.41 Å². The second-order valence-corrected chi connectivity index (χ2v) is 7.85. The molecule has 2 aromatic rings. The molecule has 0 aliphatic carbocycles. The quantitative estimate of drug-likeness (QED) is 0.785. The number of hydrogen-bond acceptors (Lipinski definition) is 4. The molecule has 1 aromatic heterocycles. The lowest BCUT2D eigenvalue weighted by Crippen LogP contribution is -2.56. The highest BCUT2D eigenvalue weighted by atomic mass is 16.3. The van der Waals surface area contributed by atoms with Crippen LogP contribution in [-0.4, -0.2) is 53.7 Å². The first-order chi connectivity index (χ1) is 13.8. The standard InChI is InChI=1S/C22H27N3O4/c1-16-6-8-17(9-7-16)15-23-20(27)22(2,3)21(28)25-12-10-24(11-13-25)19(26)18-5-4-14-29-18/h4-9,14H,10-13,15H2,1-3H3,(H,23,27). The van der Waals surface area contributed by atoms with E-state index in [-0.39, 0.29) is 17.7 Å². The normalized spacial score (nSPS) is 14.6. The third-order valence-electron chi connectivity index (χ3n) is 5.26. The van der Waals surface area contributed by atoms with Crippen molar-refractivity contribution < 1.29 is 18.8 Å². The van der Waals surface area contributed by atoms with E-state index in [1.54, 1.807) is 35.8 Å². The van der Waals surface area contributed by atoms with Gasteiger partial charge in [0.15, 0.2) is 5.76 Å². The van der Waals surface area contributed by atoms with E-state index >= 15 is 0 Å². The van der Waals surface area contributed by atoms with Crippen molar-refractivity contribution in [1.82, 2.24) is 15.1 Å². The molecule has 1 aromatic carbocycles. The van der Waals surface area contributed by atoms with Crippen molar-refractivity contribution in [1.29, 1.82) is 0 Å². The Morgan fingerprint density at radius 2 is 1.62 bits per heavy atom. The fourth-order valence-corrected chi connectivity index (χ4v) is 3.27. The minimum absolute atomic E-state index is 0.183. The number of aryl methyl sites for hydroxylation is 1. The zero-order valence-corrected chi connectivity index (χ0v) is 17.1. The van der Waals surface area contributed by atoms with Crippen LogP contribution in [0.2, 0.25) is 0 Å². The van der Waals surface area contributed by atoms with Crippen LogP contribution in [0.1, 0.15) is 35.5 Å². The van der Waals surface area contributed by atoms with Gasteiger partial charge >= 0.3 is 0 Å². The molecule has 7 heteroatoms. The number of carbonyl (C=O) groups excluding carboxylic acids is 3. The smallest absolute Gasteiger partial charge is 0.289 e. The van der Waals surface area contributed by atoms with E-state index in [4.69, 9.17) is 4.42 Å². The molecule has 2 heterocycles. The summed E-state index contributed by atoms with van der Waals surface area (Å²) in [7, 11) is 0. The average molecular weight is 397 g/mol. The highest BCUT2D eigenvalue weighted by molar-refractivity contribution is 6.04. The van der Waals surface area contributed by atoms with Gasteiger partial charge in [-0.15, -0.1) is 0 Å². The van der Waals surface area contributed by atoms with Gasteiger partial charge in [-0.25, -0.2) is 0 Å². The average Bonchev–Trinajstić information content (AvgIpc) is 3.27. The number of furan rings is 1. The largest absolute Gasteiger partial charge is 0.459 e. The van der Waals surface area contributed by atoms with Gasteiger partial charge in [0.2, 0.25) is 11.8 Å². The number of amides is 3. The Kier molecular flexibility index (Phi) is 6.06. The fourth-order valence-electron chi connectivity index (χ4n) is 3.27. The van der Waals surface area contributed by atoms with Crippen molar-refractivity contribution in [2.45, 2.75) is 27.3 Å². The first-order valence-electron chi connectivity index (χ1n) is 9.75. The zero-order chi connectivity index (χ0) is 21.0. The van der Waals surface area contributed by atoms with Gasteiger partial charge in [-0.1, -0.05) is 29.8 Å². The molecule has 0 unspecified atom stereocenters. The summed E-state index contributed by atoms with van der Waals surface area (Å²) in [6.07, 6.45) is 1.46. The van der Waals surface area contributed by atoms with Gasteiger partial charge in [-0.3, -0.25) is 14.4 Å². The molecule has 1 N–H and O–H groups in total. The Labute approximate surface area is 170 Å². The molecule has 1 fully saturated rings. The fraction of sp³-hybridized carbons (Fsp3) is 0.409. The van der Waals surface area contributed by atoms with Gasteiger partial charge in [0, 0.05) is 32.7 Å². The Bertz CT molecular complexity index is 864. The van der Waals surface area contributed by atoms with Gasteiger partial charge in [-0.05, 0) is 38.5 Å². The summed E-state index contributed by atoms with van der Waals surface area (Å²) in [5.74, 6) is -0.432. The Hall–Kier alpha value is -3.09. The molecule has 1 aliphatic rings. The molecule has 7 nitrogen and oxygen atoms in total. The first kappa shape index (κ1) is 20.6. The van der Waals surface area contributed by atoms with Crippen molar-refractivity contribution in [3.05, 3.63) is 59.5 Å². The summed E-state index contributed by atoms with van der Waals surface area (Å²) in [5, 5.41) is 2.86. The lowest BCUT2D eigenvalue weighted by atomic mass is 9.89. The summed E-state index contributed by atoms with van der Waals surface area (Å²) in [4.78, 5) is 41.3. The van der Waals surface area contributed by atoms with Crippen LogP contribution in [0.15, 0.2) is 47.1 Å². The molecule has 29 heavy (non-hydrogen) atoms. The molecule has 3 rings (SSSR count). The highest BCUT2D eigenvalue weighted by Gasteiger charge is 2.40. The minimum atomic E-state index is -1.18. The van der Waals surface area contributed by atoms with Crippen molar-refractivity contribution in [2.75, 3.05) is 26.2 Å². The third-order valence-corrected chi connectivity index (χ3v) is 5.26. The molecule has 0 radical (unpaired) electrons. The number of piperazine rings is 1. The van der Waals surface area contributed by atoms with Crippen LogP contribution in [0.4, 0.5) is 0 Å². The molecule has 1 saturated heterocycles. The first-order valence-corrected chi connectivity index (χ1v) is 9.75. The van der Waals surface area contributed by atoms with E-state index in [0.717, 1.165) is 11.1 Å². The van der Waals surface area contributed by atoms with Crippen LogP contribution in [0.25, 0.3) is 0 Å². The molecule has 1 aliphatic heterocycles. The predicted octanol–water partition coefficient (Wildman–Crippen LogP) is 2.22. The third kappa shape index (κ3) is 4.67. The zero-order valence-electron chi connectivity index (χ0n) is 17.1. The van der Waals surface area contributed by atoms with Gasteiger partial charge in [-0.2, -0.15) is 0 Å². The van der Waals surface area contributed by atoms with Crippen LogP contribution >= 0.6 is 0 Å². The van der Waals surface area contributed by atoms with Crippen molar-refractivity contribution in [2.24, 2.45) is 5.41 Å². The SMILES string of the molecule is Cc1ccc(CNC(=O)C(C)(C)C(=O)N2CCN(C(=O)c3ccco3)CC2)cc1. The summed E-state index contributed by atoms with van der Waals surface area (Å²) in [6, 6.07) is 11.2. The van der Waals surface area contributed by atoms with Crippen molar-refractivity contribution in [3.63, 3.8) is 0 Å². The van der Waals surface area contributed by atoms with Gasteiger partial charge in [0.1, 0.15) is 5.41 Å². The number of nitrogens with one attached hydrogen (secondary N) is 1. The van der Waals surface area contributed by atoms with E-state index in [1.165, 1.54) is 6.26 Å². The maximum atomic E-state index is 13.0. The van der Waals surface area contributed by atoms with E-state index in [1.807, 2.05) is 31.2 Å². The summed E-state index contributed by atoms with van der Waals surface area (Å²) in [6.45, 7) is 7.26. The monoisotopic (exact) mass is 397 g/mol. The second kappa shape index (κ2) is 8.51. The second-order valence-electron chi connectivity index (χ2n) is 7.85. The van der Waals surface area contributed by atoms with Crippen LogP contribution in [0, 0.1) is 12.3 Å². The molecule has 0 saturated carbocycles. The van der Waals surface area contributed by atoms with E-state index in [2.05, 4.69) is 5.32 Å². The Balaban J connectivity index is 1.54. The lowest BCUT2D eigenvalue weighted by molar-refractivity contribution is -0.149. The molecular weight excluding hydrogens is 370 g/mol. The molecular formula is C22H27N3O4. The van der Waals surface area contributed by atoms with Gasteiger partial charge in [0.25, 0.3) is 5.91 Å². The van der Waals surface area contributed by atoms with E-state index in [0.29, 0.717) is 38.5 Å². The number of nitrogens with zero attached hydrogens (tertiary/aromatic N) is 2. The number of carbonyl (C=O) groups is 3. The minimum Gasteiger partial charge on any atom is -0.459 e. The highest BCUT2D eigenvalue weighted by Crippen LogP contribution is 2.21. The Morgan fingerprint density at radius 3 is 2.21 bits per heavy atom. The summed E-state index contributed by atoms with van der Waals surface area (Å²) in [5.41, 5.74) is 0.954. The van der Waals surface area contributed by atoms with Crippen LogP contribution < -0.4 is 5.32 Å². The van der Waals surface area contributed by atoms with Gasteiger partial charge in [0.05, 0.1) is 6.26 Å². The molecule has 154 valence electrons. The maximum Gasteiger partial charge on any atom is 0.289 e. The van der Waals surface area contributed by atoms with Crippen molar-refractivity contribution >= 4 is 17.7 Å². The number of benzene rings is 1. The van der Waals surface area contributed by atoms with Crippen LogP contribution in [0.5, 0.6) is 0 Å². The topological polar surface area (TPSA) is 82.9 Å². The van der Waals surface area contributed by atoms with Crippen LogP contribution in [0.3, 0.4) is 0 Å². The Morgan fingerprint density at radius 1 is 1.00 bits per heavy atom. The van der Waals surface area contributed by atoms with Crippen molar-refractivity contribution in [3.8, 4) is 0 Å². The molecule has 0 bridgehead atoms.